The van der Waals surface area contributed by atoms with E-state index in [1.807, 2.05) is 0 Å². The highest BCUT2D eigenvalue weighted by Gasteiger charge is 2.21. The van der Waals surface area contributed by atoms with E-state index in [4.69, 9.17) is 0 Å². The number of benzene rings is 5. The van der Waals surface area contributed by atoms with E-state index < -0.39 is 0 Å². The van der Waals surface area contributed by atoms with Crippen LogP contribution in [0.1, 0.15) is 0 Å². The molecule has 0 N–H and O–H groups in total. The van der Waals surface area contributed by atoms with E-state index in [0.29, 0.717) is 0 Å². The molecule has 0 unspecified atom stereocenters. The topological polar surface area (TPSA) is 0 Å². The van der Waals surface area contributed by atoms with Crippen LogP contribution in [0.25, 0.3) is 55.6 Å². The first-order valence-electron chi connectivity index (χ1n) is 10.5. The van der Waals surface area contributed by atoms with E-state index in [1.165, 1.54) is 59.2 Å². The van der Waals surface area contributed by atoms with Crippen LogP contribution in [0, 0.1) is 3.57 Å². The van der Waals surface area contributed by atoms with Crippen molar-refractivity contribution in [2.24, 2.45) is 0 Å². The van der Waals surface area contributed by atoms with Gasteiger partial charge in [-0.15, -0.1) is 0 Å². The molecule has 0 amide bonds. The highest BCUT2D eigenvalue weighted by molar-refractivity contribution is 14.1. The second-order valence-electron chi connectivity index (χ2n) is 7.88. The zero-order valence-corrected chi connectivity index (χ0v) is 19.0. The van der Waals surface area contributed by atoms with Gasteiger partial charge in [-0.2, -0.15) is 0 Å². The SMILES string of the molecule is Ic1ccccc1-c1ccc2c(c1)-c1ccccc1-c1ccccc1-c1ccccc1-2. The smallest absolute Gasteiger partial charge is 0.0208 e. The minimum atomic E-state index is 1.25. The Balaban J connectivity index is 1.73. The molecule has 5 aromatic carbocycles. The average molecular weight is 506 g/mol. The maximum atomic E-state index is 2.43. The Morgan fingerprint density at radius 3 is 1.13 bits per heavy atom. The van der Waals surface area contributed by atoms with Gasteiger partial charge in [-0.25, -0.2) is 0 Å². The third kappa shape index (κ3) is 3.03. The second-order valence-corrected chi connectivity index (χ2v) is 9.04. The summed E-state index contributed by atoms with van der Waals surface area (Å²) in [6.45, 7) is 0. The molecule has 0 saturated heterocycles. The van der Waals surface area contributed by atoms with Crippen LogP contribution in [-0.2, 0) is 0 Å². The third-order valence-electron chi connectivity index (χ3n) is 6.15. The summed E-state index contributed by atoms with van der Waals surface area (Å²) in [5.74, 6) is 0. The molecule has 6 rings (SSSR count). The molecule has 0 spiro atoms. The zero-order valence-electron chi connectivity index (χ0n) is 16.8. The molecule has 0 fully saturated rings. The van der Waals surface area contributed by atoms with Crippen LogP contribution in [0.4, 0.5) is 0 Å². The Bertz CT molecular complexity index is 1440. The number of fused-ring (bicyclic) bond motifs is 8. The van der Waals surface area contributed by atoms with Crippen molar-refractivity contribution in [3.63, 3.8) is 0 Å². The van der Waals surface area contributed by atoms with Gasteiger partial charge in [-0.05, 0) is 90.4 Å². The monoisotopic (exact) mass is 506 g/mol. The summed E-state index contributed by atoms with van der Waals surface area (Å²) in [6, 6.07) is 41.9. The van der Waals surface area contributed by atoms with Gasteiger partial charge in [-0.1, -0.05) is 103 Å². The summed E-state index contributed by atoms with van der Waals surface area (Å²) in [4.78, 5) is 0. The maximum absolute atomic E-state index is 2.43. The van der Waals surface area contributed by atoms with Gasteiger partial charge in [-0.3, -0.25) is 0 Å². The van der Waals surface area contributed by atoms with Crippen LogP contribution in [0.3, 0.4) is 0 Å². The quantitative estimate of drug-likeness (QED) is 0.195. The molecular weight excluding hydrogens is 487 g/mol. The predicted octanol–water partition coefficient (Wildman–Crippen LogP) is 8.94. The Morgan fingerprint density at radius 2 is 0.677 bits per heavy atom. The fourth-order valence-electron chi connectivity index (χ4n) is 4.72. The van der Waals surface area contributed by atoms with Crippen LogP contribution in [0.2, 0.25) is 0 Å². The molecule has 0 radical (unpaired) electrons. The van der Waals surface area contributed by atoms with Gasteiger partial charge in [0.1, 0.15) is 0 Å². The van der Waals surface area contributed by atoms with E-state index in [2.05, 4.69) is 138 Å². The van der Waals surface area contributed by atoms with Crippen molar-refractivity contribution in [3.8, 4) is 55.6 Å². The normalized spacial score (nSPS) is 11.4. The van der Waals surface area contributed by atoms with Crippen molar-refractivity contribution in [1.29, 1.82) is 0 Å². The number of halogens is 1. The molecule has 1 aliphatic rings. The molecule has 5 aromatic rings. The van der Waals surface area contributed by atoms with Gasteiger partial charge < -0.3 is 0 Å². The van der Waals surface area contributed by atoms with Gasteiger partial charge in [0.05, 0.1) is 0 Å². The van der Waals surface area contributed by atoms with Gasteiger partial charge in [0.15, 0.2) is 0 Å². The molecule has 31 heavy (non-hydrogen) atoms. The lowest BCUT2D eigenvalue weighted by molar-refractivity contribution is 1.51. The van der Waals surface area contributed by atoms with Crippen LogP contribution in [-0.4, -0.2) is 0 Å². The molecule has 0 saturated carbocycles. The third-order valence-corrected chi connectivity index (χ3v) is 7.09. The predicted molar refractivity (Wildman–Crippen MR) is 140 cm³/mol. The Morgan fingerprint density at radius 1 is 0.323 bits per heavy atom. The Kier molecular flexibility index (Phi) is 4.50. The Hall–Kier alpha value is -3.17. The summed E-state index contributed by atoms with van der Waals surface area (Å²) >= 11 is 2.43. The zero-order chi connectivity index (χ0) is 20.8. The fraction of sp³-hybridized carbons (Fsp3) is 0. The molecule has 146 valence electrons. The molecule has 0 aromatic heterocycles. The molecule has 0 bridgehead atoms. The Labute approximate surface area is 196 Å². The summed E-state index contributed by atoms with van der Waals surface area (Å²) in [5.41, 5.74) is 12.8. The number of hydrogen-bond acceptors (Lipinski definition) is 0. The lowest BCUT2D eigenvalue weighted by atomic mass is 9.80. The largest absolute Gasteiger partial charge is 0.0616 e. The number of rotatable bonds is 1. The van der Waals surface area contributed by atoms with Gasteiger partial charge in [0, 0.05) is 3.57 Å². The van der Waals surface area contributed by atoms with Crippen LogP contribution in [0.5, 0.6) is 0 Å². The van der Waals surface area contributed by atoms with Crippen molar-refractivity contribution in [2.45, 2.75) is 0 Å². The molecule has 0 aliphatic heterocycles. The van der Waals surface area contributed by atoms with Gasteiger partial charge in [0.2, 0.25) is 0 Å². The summed E-state index contributed by atoms with van der Waals surface area (Å²) in [5, 5.41) is 0. The van der Waals surface area contributed by atoms with Crippen LogP contribution >= 0.6 is 22.6 Å². The van der Waals surface area contributed by atoms with Crippen molar-refractivity contribution in [1.82, 2.24) is 0 Å². The van der Waals surface area contributed by atoms with Gasteiger partial charge in [0.25, 0.3) is 0 Å². The molecule has 0 nitrogen and oxygen atoms in total. The lowest BCUT2D eigenvalue weighted by Crippen LogP contribution is -1.97. The van der Waals surface area contributed by atoms with E-state index in [0.717, 1.165) is 0 Å². The highest BCUT2D eigenvalue weighted by Crippen LogP contribution is 2.48. The van der Waals surface area contributed by atoms with Crippen molar-refractivity contribution >= 4 is 22.6 Å². The summed E-state index contributed by atoms with van der Waals surface area (Å²) in [6.07, 6.45) is 0. The van der Waals surface area contributed by atoms with E-state index in [1.54, 1.807) is 0 Å². The minimum Gasteiger partial charge on any atom is -0.0616 e. The molecule has 0 atom stereocenters. The van der Waals surface area contributed by atoms with Crippen molar-refractivity contribution in [3.05, 3.63) is 119 Å². The van der Waals surface area contributed by atoms with Crippen LogP contribution in [0.15, 0.2) is 115 Å². The molecule has 1 aliphatic carbocycles. The standard InChI is InChI=1S/C30H19I/c31-30-16-8-7-9-21(30)20-17-18-28-26-14-4-3-12-24(26)22-10-1-2-11-23(22)25-13-5-6-15-27(25)29(28)19-20/h1-19H. The van der Waals surface area contributed by atoms with E-state index >= 15 is 0 Å². The summed E-state index contributed by atoms with van der Waals surface area (Å²) in [7, 11) is 0. The van der Waals surface area contributed by atoms with E-state index in [9.17, 15) is 0 Å². The summed E-state index contributed by atoms with van der Waals surface area (Å²) < 4.78 is 1.27. The van der Waals surface area contributed by atoms with Crippen molar-refractivity contribution < 1.29 is 0 Å². The van der Waals surface area contributed by atoms with Crippen molar-refractivity contribution in [2.75, 3.05) is 0 Å². The highest BCUT2D eigenvalue weighted by atomic mass is 127. The maximum Gasteiger partial charge on any atom is 0.0208 e. The first-order valence-corrected chi connectivity index (χ1v) is 11.6. The van der Waals surface area contributed by atoms with Crippen LogP contribution < -0.4 is 0 Å². The second kappa shape index (κ2) is 7.51. The first-order chi connectivity index (χ1) is 15.3. The lowest BCUT2D eigenvalue weighted by Gasteiger charge is -2.23. The first kappa shape index (κ1) is 18.6. The molecule has 1 heteroatoms. The van der Waals surface area contributed by atoms with Gasteiger partial charge >= 0.3 is 0 Å². The minimum absolute atomic E-state index is 1.25. The average Bonchev–Trinajstić information content (AvgIpc) is 2.83. The van der Waals surface area contributed by atoms with E-state index in [-0.39, 0.29) is 0 Å². The molecular formula is C30H19I. The number of hydrogen-bond donors (Lipinski definition) is 0. The molecule has 0 heterocycles. The fourth-order valence-corrected chi connectivity index (χ4v) is 5.42.